The van der Waals surface area contributed by atoms with Crippen molar-refractivity contribution in [1.82, 2.24) is 0 Å². The summed E-state index contributed by atoms with van der Waals surface area (Å²) in [5.74, 6) is -0.0332. The van der Waals surface area contributed by atoms with Crippen molar-refractivity contribution in [3.8, 4) is 22.8 Å². The predicted molar refractivity (Wildman–Crippen MR) is 81.6 cm³/mol. The molecule has 1 heterocycles. The lowest BCUT2D eigenvalue weighted by Crippen LogP contribution is -2.02. The Bertz CT molecular complexity index is 915. The molecule has 110 valence electrons. The van der Waals surface area contributed by atoms with Gasteiger partial charge in [-0.05, 0) is 5.18 Å². The van der Waals surface area contributed by atoms with Crippen LogP contribution in [-0.4, -0.2) is 12.2 Å². The number of phenolic OH excluding ortho intramolecular Hbond substituents is 1. The Hall–Kier alpha value is -3.15. The van der Waals surface area contributed by atoms with Crippen LogP contribution in [0.1, 0.15) is 0 Å². The molecule has 1 N–H and O–H groups in total. The lowest BCUT2D eigenvalue weighted by atomic mass is 10.1. The number of rotatable bonds is 3. The van der Waals surface area contributed by atoms with E-state index in [1.807, 2.05) is 6.07 Å². The Morgan fingerprint density at radius 2 is 1.91 bits per heavy atom. The molecule has 0 unspecified atom stereocenters. The number of aromatic hydroxyl groups is 1. The van der Waals surface area contributed by atoms with Gasteiger partial charge in [-0.3, -0.25) is 4.79 Å². The minimum Gasteiger partial charge on any atom is -0.504 e. The van der Waals surface area contributed by atoms with Crippen LogP contribution in [0.5, 0.6) is 11.5 Å². The van der Waals surface area contributed by atoms with Crippen LogP contribution in [0.4, 0.5) is 5.69 Å². The van der Waals surface area contributed by atoms with Gasteiger partial charge in [0.05, 0.1) is 12.5 Å². The van der Waals surface area contributed by atoms with Crippen LogP contribution < -0.4 is 10.2 Å². The monoisotopic (exact) mass is 297 g/mol. The first-order valence-electron chi connectivity index (χ1n) is 6.42. The quantitative estimate of drug-likeness (QED) is 0.746. The van der Waals surface area contributed by atoms with Crippen molar-refractivity contribution in [2.45, 2.75) is 0 Å². The van der Waals surface area contributed by atoms with Crippen molar-refractivity contribution >= 4 is 16.7 Å². The molecule has 0 fully saturated rings. The average Bonchev–Trinajstić information content (AvgIpc) is 2.54. The molecule has 0 saturated carbocycles. The third kappa shape index (κ3) is 2.10. The average molecular weight is 297 g/mol. The number of nitrogens with zero attached hydrogens (tertiary/aromatic N) is 1. The zero-order valence-corrected chi connectivity index (χ0v) is 11.6. The molecule has 6 heteroatoms. The molecule has 3 aromatic rings. The molecule has 0 aliphatic heterocycles. The van der Waals surface area contributed by atoms with Gasteiger partial charge in [0, 0.05) is 17.7 Å². The van der Waals surface area contributed by atoms with E-state index in [-0.39, 0.29) is 28.2 Å². The predicted octanol–water partition coefficient (Wildman–Crippen LogP) is 3.57. The zero-order chi connectivity index (χ0) is 15.7. The highest BCUT2D eigenvalue weighted by Gasteiger charge is 2.19. The number of methoxy groups -OCH3 is 1. The van der Waals surface area contributed by atoms with Gasteiger partial charge < -0.3 is 14.3 Å². The van der Waals surface area contributed by atoms with Gasteiger partial charge in [0.2, 0.25) is 5.75 Å². The Morgan fingerprint density at radius 3 is 2.55 bits per heavy atom. The normalized spacial score (nSPS) is 10.6. The largest absolute Gasteiger partial charge is 0.504 e. The van der Waals surface area contributed by atoms with Crippen molar-refractivity contribution in [2.75, 3.05) is 7.11 Å². The zero-order valence-electron chi connectivity index (χ0n) is 11.6. The van der Waals surface area contributed by atoms with Crippen LogP contribution in [0.2, 0.25) is 0 Å². The van der Waals surface area contributed by atoms with Crippen LogP contribution in [0, 0.1) is 4.91 Å². The summed E-state index contributed by atoms with van der Waals surface area (Å²) in [5.41, 5.74) is 0.0469. The number of ether oxygens (including phenoxy) is 1. The van der Waals surface area contributed by atoms with Crippen LogP contribution in [0.3, 0.4) is 0 Å². The van der Waals surface area contributed by atoms with E-state index in [1.54, 1.807) is 24.3 Å². The fourth-order valence-electron chi connectivity index (χ4n) is 2.29. The second-order valence-corrected chi connectivity index (χ2v) is 4.58. The smallest absolute Gasteiger partial charge is 0.204 e. The number of hydrogen-bond donors (Lipinski definition) is 1. The molecule has 2 aromatic carbocycles. The lowest BCUT2D eigenvalue weighted by molar-refractivity contribution is 0.371. The maximum atomic E-state index is 12.3. The van der Waals surface area contributed by atoms with Crippen molar-refractivity contribution in [2.24, 2.45) is 5.18 Å². The van der Waals surface area contributed by atoms with Crippen molar-refractivity contribution < 1.29 is 14.3 Å². The van der Waals surface area contributed by atoms with Gasteiger partial charge in [-0.2, -0.15) is 0 Å². The lowest BCUT2D eigenvalue weighted by Gasteiger charge is -2.09. The van der Waals surface area contributed by atoms with Crippen molar-refractivity contribution in [3.63, 3.8) is 0 Å². The fourth-order valence-corrected chi connectivity index (χ4v) is 2.29. The molecule has 0 radical (unpaired) electrons. The third-order valence-corrected chi connectivity index (χ3v) is 3.28. The molecule has 1 aromatic heterocycles. The van der Waals surface area contributed by atoms with Crippen molar-refractivity contribution in [3.05, 3.63) is 57.6 Å². The summed E-state index contributed by atoms with van der Waals surface area (Å²) in [4.78, 5) is 23.2. The minimum atomic E-state index is -0.437. The minimum absolute atomic E-state index is 0.0107. The van der Waals surface area contributed by atoms with E-state index in [0.29, 0.717) is 11.3 Å². The Labute approximate surface area is 124 Å². The summed E-state index contributed by atoms with van der Waals surface area (Å²) >= 11 is 0. The molecule has 0 spiro atoms. The maximum Gasteiger partial charge on any atom is 0.204 e. The summed E-state index contributed by atoms with van der Waals surface area (Å²) in [6.07, 6.45) is 0. The molecule has 0 saturated heterocycles. The summed E-state index contributed by atoms with van der Waals surface area (Å²) in [5, 5.41) is 12.6. The number of benzene rings is 2. The topological polar surface area (TPSA) is 89.1 Å². The Morgan fingerprint density at radius 1 is 1.18 bits per heavy atom. The standard InChI is InChI=1S/C16H11NO5/c1-21-15-12(19)7-10(17-20)14-11(18)8-13(22-16(14)15)9-5-3-2-4-6-9/h2-8,19H,1H3. The Balaban J connectivity index is 2.43. The first kappa shape index (κ1) is 13.8. The van der Waals surface area contributed by atoms with E-state index in [2.05, 4.69) is 5.18 Å². The molecule has 0 aliphatic rings. The molecule has 3 rings (SSSR count). The van der Waals surface area contributed by atoms with Gasteiger partial charge in [-0.1, -0.05) is 30.3 Å². The number of nitroso groups, excluding NO2 is 1. The second kappa shape index (κ2) is 5.33. The van der Waals surface area contributed by atoms with E-state index in [0.717, 1.165) is 6.07 Å². The summed E-state index contributed by atoms with van der Waals surface area (Å²) < 4.78 is 10.8. The summed E-state index contributed by atoms with van der Waals surface area (Å²) in [6.45, 7) is 0. The third-order valence-electron chi connectivity index (χ3n) is 3.28. The molecular formula is C16H11NO5. The van der Waals surface area contributed by atoms with E-state index in [1.165, 1.54) is 13.2 Å². The molecule has 0 aliphatic carbocycles. The molecule has 0 atom stereocenters. The summed E-state index contributed by atoms with van der Waals surface area (Å²) in [6, 6.07) is 11.4. The van der Waals surface area contributed by atoms with Crippen LogP contribution in [0.15, 0.2) is 56.9 Å². The number of hydrogen-bond acceptors (Lipinski definition) is 6. The van der Waals surface area contributed by atoms with E-state index >= 15 is 0 Å². The van der Waals surface area contributed by atoms with Gasteiger partial charge in [-0.25, -0.2) is 0 Å². The molecule has 6 nitrogen and oxygen atoms in total. The molecule has 22 heavy (non-hydrogen) atoms. The van der Waals surface area contributed by atoms with E-state index in [9.17, 15) is 14.8 Å². The maximum absolute atomic E-state index is 12.3. The van der Waals surface area contributed by atoms with Gasteiger partial charge >= 0.3 is 0 Å². The highest BCUT2D eigenvalue weighted by Crippen LogP contribution is 2.40. The fraction of sp³-hybridized carbons (Fsp3) is 0.0625. The van der Waals surface area contributed by atoms with Gasteiger partial charge in [-0.15, -0.1) is 4.91 Å². The van der Waals surface area contributed by atoms with Crippen molar-refractivity contribution in [1.29, 1.82) is 0 Å². The van der Waals surface area contributed by atoms with Gasteiger partial charge in [0.15, 0.2) is 16.8 Å². The van der Waals surface area contributed by atoms with E-state index < -0.39 is 5.43 Å². The second-order valence-electron chi connectivity index (χ2n) is 4.58. The van der Waals surface area contributed by atoms with Crippen LogP contribution in [-0.2, 0) is 0 Å². The highest BCUT2D eigenvalue weighted by molar-refractivity contribution is 5.95. The molecular weight excluding hydrogens is 286 g/mol. The first-order chi connectivity index (χ1) is 10.7. The van der Waals surface area contributed by atoms with Crippen LogP contribution >= 0.6 is 0 Å². The number of fused-ring (bicyclic) bond motifs is 1. The highest BCUT2D eigenvalue weighted by atomic mass is 16.5. The SMILES string of the molecule is COc1c(O)cc(N=O)c2c(=O)cc(-c3ccccc3)oc12. The van der Waals surface area contributed by atoms with E-state index in [4.69, 9.17) is 9.15 Å². The number of phenols is 1. The van der Waals surface area contributed by atoms with Crippen LogP contribution in [0.25, 0.3) is 22.3 Å². The molecule has 0 amide bonds. The molecule has 0 bridgehead atoms. The Kier molecular flexibility index (Phi) is 3.34. The summed E-state index contributed by atoms with van der Waals surface area (Å²) in [7, 11) is 1.33. The van der Waals surface area contributed by atoms with Gasteiger partial charge in [0.25, 0.3) is 0 Å². The first-order valence-corrected chi connectivity index (χ1v) is 6.42. The van der Waals surface area contributed by atoms with Gasteiger partial charge in [0.1, 0.15) is 11.4 Å².